The molecule has 2 atom stereocenters. The van der Waals surface area contributed by atoms with Gasteiger partial charge in [0.05, 0.1) is 4.47 Å². The van der Waals surface area contributed by atoms with Gasteiger partial charge in [0.1, 0.15) is 11.8 Å². The Morgan fingerprint density at radius 2 is 1.75 bits per heavy atom. The fraction of sp³-hybridized carbons (Fsp3) is 0.462. The molecule has 0 heterocycles. The quantitative estimate of drug-likeness (QED) is 0.436. The monoisotopic (exact) mass is 502 g/mol. The molecule has 0 saturated carbocycles. The summed E-state index contributed by atoms with van der Waals surface area (Å²) in [6.07, 6.45) is 2.98. The van der Waals surface area contributed by atoms with E-state index in [1.54, 1.807) is 4.90 Å². The molecule has 2 aromatic carbocycles. The van der Waals surface area contributed by atoms with Crippen LogP contribution in [0.1, 0.15) is 51.7 Å². The van der Waals surface area contributed by atoms with Crippen molar-refractivity contribution in [3.63, 3.8) is 0 Å². The molecule has 32 heavy (non-hydrogen) atoms. The molecule has 0 aromatic heterocycles. The summed E-state index contributed by atoms with van der Waals surface area (Å²) in [5, 5.41) is 3.03. The minimum Gasteiger partial charge on any atom is -0.483 e. The molecular formula is C26H35BrN2O3. The molecule has 5 nitrogen and oxygen atoms in total. The van der Waals surface area contributed by atoms with Crippen molar-refractivity contribution in [2.45, 2.75) is 65.5 Å². The van der Waals surface area contributed by atoms with Gasteiger partial charge in [-0.2, -0.15) is 0 Å². The van der Waals surface area contributed by atoms with Crippen molar-refractivity contribution in [2.24, 2.45) is 0 Å². The molecule has 0 unspecified atom stereocenters. The van der Waals surface area contributed by atoms with Crippen molar-refractivity contribution in [2.75, 3.05) is 13.2 Å². The summed E-state index contributed by atoms with van der Waals surface area (Å²) >= 11 is 3.52. The first-order valence-corrected chi connectivity index (χ1v) is 12.2. The molecule has 2 aromatic rings. The van der Waals surface area contributed by atoms with Crippen LogP contribution < -0.4 is 10.1 Å². The molecule has 0 radical (unpaired) electrons. The normalized spacial score (nSPS) is 12.7. The highest BCUT2D eigenvalue weighted by atomic mass is 79.9. The Morgan fingerprint density at radius 3 is 2.34 bits per heavy atom. The summed E-state index contributed by atoms with van der Waals surface area (Å²) in [5.74, 6) is 0.311. The molecule has 0 aliphatic heterocycles. The molecule has 2 amide bonds. The lowest BCUT2D eigenvalue weighted by Crippen LogP contribution is -2.52. The highest BCUT2D eigenvalue weighted by molar-refractivity contribution is 9.10. The van der Waals surface area contributed by atoms with E-state index >= 15 is 0 Å². The zero-order valence-electron chi connectivity index (χ0n) is 19.6. The Balaban J connectivity index is 2.15. The number of hydrogen-bond acceptors (Lipinski definition) is 3. The van der Waals surface area contributed by atoms with E-state index in [-0.39, 0.29) is 24.5 Å². The number of halogens is 1. The molecule has 1 N–H and O–H groups in total. The van der Waals surface area contributed by atoms with Gasteiger partial charge in [0, 0.05) is 12.6 Å². The van der Waals surface area contributed by atoms with Crippen LogP contribution >= 0.6 is 15.9 Å². The van der Waals surface area contributed by atoms with Crippen LogP contribution in [0.2, 0.25) is 0 Å². The molecule has 0 saturated heterocycles. The van der Waals surface area contributed by atoms with Crippen LogP contribution in [-0.2, 0) is 22.4 Å². The number of aryl methyl sites for hydroxylation is 1. The highest BCUT2D eigenvalue weighted by Gasteiger charge is 2.29. The van der Waals surface area contributed by atoms with Crippen molar-refractivity contribution in [3.8, 4) is 5.75 Å². The Labute approximate surface area is 200 Å². The maximum Gasteiger partial charge on any atom is 0.261 e. The molecular weight excluding hydrogens is 468 g/mol. The highest BCUT2D eigenvalue weighted by Crippen LogP contribution is 2.26. The first-order chi connectivity index (χ1) is 15.4. The van der Waals surface area contributed by atoms with Crippen LogP contribution in [0.15, 0.2) is 53.0 Å². The van der Waals surface area contributed by atoms with Crippen molar-refractivity contribution in [1.82, 2.24) is 10.2 Å². The SMILES string of the molecule is CCc1ccc(OCC(=O)N(CCc2ccccc2)[C@@H](CC)C(=O)N[C@@H](C)CC)c(Br)c1. The molecule has 2 rings (SSSR count). The summed E-state index contributed by atoms with van der Waals surface area (Å²) in [5.41, 5.74) is 2.31. The van der Waals surface area contributed by atoms with Crippen molar-refractivity contribution in [3.05, 3.63) is 64.1 Å². The lowest BCUT2D eigenvalue weighted by Gasteiger charge is -2.31. The van der Waals surface area contributed by atoms with E-state index < -0.39 is 6.04 Å². The summed E-state index contributed by atoms with van der Waals surface area (Å²) in [4.78, 5) is 27.9. The summed E-state index contributed by atoms with van der Waals surface area (Å²) in [7, 11) is 0. The minimum atomic E-state index is -0.533. The van der Waals surface area contributed by atoms with Gasteiger partial charge >= 0.3 is 0 Å². The van der Waals surface area contributed by atoms with Crippen molar-refractivity contribution >= 4 is 27.7 Å². The van der Waals surface area contributed by atoms with Gasteiger partial charge in [-0.05, 0) is 71.8 Å². The van der Waals surface area contributed by atoms with Gasteiger partial charge in [0.2, 0.25) is 5.91 Å². The molecule has 0 aliphatic carbocycles. The first kappa shape index (κ1) is 25.9. The smallest absolute Gasteiger partial charge is 0.261 e. The molecule has 0 aliphatic rings. The van der Waals surface area contributed by atoms with Gasteiger partial charge in [-0.15, -0.1) is 0 Å². The topological polar surface area (TPSA) is 58.6 Å². The van der Waals surface area contributed by atoms with Gasteiger partial charge in [0.15, 0.2) is 6.61 Å². The zero-order valence-corrected chi connectivity index (χ0v) is 21.2. The second kappa shape index (κ2) is 13.3. The molecule has 0 bridgehead atoms. The first-order valence-electron chi connectivity index (χ1n) is 11.4. The van der Waals surface area contributed by atoms with Crippen LogP contribution in [0.5, 0.6) is 5.75 Å². The van der Waals surface area contributed by atoms with E-state index in [1.165, 1.54) is 5.56 Å². The average Bonchev–Trinajstić information content (AvgIpc) is 2.81. The lowest BCUT2D eigenvalue weighted by atomic mass is 10.1. The summed E-state index contributed by atoms with van der Waals surface area (Å²) < 4.78 is 6.66. The van der Waals surface area contributed by atoms with Crippen molar-refractivity contribution < 1.29 is 14.3 Å². The van der Waals surface area contributed by atoms with E-state index in [2.05, 4.69) is 28.2 Å². The van der Waals surface area contributed by atoms with Crippen LogP contribution in [0.25, 0.3) is 0 Å². The molecule has 0 fully saturated rings. The van der Waals surface area contributed by atoms with Gasteiger partial charge < -0.3 is 15.0 Å². The number of carbonyl (C=O) groups excluding carboxylic acids is 2. The van der Waals surface area contributed by atoms with Crippen LogP contribution in [0, 0.1) is 0 Å². The number of ether oxygens (including phenoxy) is 1. The third kappa shape index (κ3) is 7.66. The fourth-order valence-electron chi connectivity index (χ4n) is 3.44. The maximum atomic E-state index is 13.2. The predicted molar refractivity (Wildman–Crippen MR) is 133 cm³/mol. The van der Waals surface area contributed by atoms with Crippen LogP contribution in [-0.4, -0.2) is 41.9 Å². The summed E-state index contributed by atoms with van der Waals surface area (Å²) in [6.45, 7) is 8.36. The van der Waals surface area contributed by atoms with Gasteiger partial charge in [-0.1, -0.05) is 57.2 Å². The number of rotatable bonds is 12. The molecule has 6 heteroatoms. The minimum absolute atomic E-state index is 0.0620. The Hall–Kier alpha value is -2.34. The van der Waals surface area contributed by atoms with E-state index in [0.29, 0.717) is 25.1 Å². The number of amides is 2. The second-order valence-electron chi connectivity index (χ2n) is 7.97. The van der Waals surface area contributed by atoms with Gasteiger partial charge in [0.25, 0.3) is 5.91 Å². The number of nitrogens with zero attached hydrogens (tertiary/aromatic N) is 1. The third-order valence-corrected chi connectivity index (χ3v) is 6.25. The average molecular weight is 503 g/mol. The third-order valence-electron chi connectivity index (χ3n) is 5.63. The maximum absolute atomic E-state index is 13.2. The predicted octanol–water partition coefficient (Wildman–Crippen LogP) is 5.15. The van der Waals surface area contributed by atoms with E-state index in [4.69, 9.17) is 4.74 Å². The Bertz CT molecular complexity index is 873. The standard InChI is InChI=1S/C26H35BrN2O3/c1-5-19(4)28-26(31)23(7-3)29(16-15-21-11-9-8-10-12-21)25(30)18-32-24-14-13-20(6-2)17-22(24)27/h8-14,17,19,23H,5-7,15-16,18H2,1-4H3,(H,28,31)/t19-,23-/m0/s1. The van der Waals surface area contributed by atoms with E-state index in [0.717, 1.165) is 22.9 Å². The zero-order chi connectivity index (χ0) is 23.5. The summed E-state index contributed by atoms with van der Waals surface area (Å²) in [6, 6.07) is 15.4. The Kier molecular flexibility index (Phi) is 10.7. The van der Waals surface area contributed by atoms with E-state index in [9.17, 15) is 9.59 Å². The van der Waals surface area contributed by atoms with Crippen LogP contribution in [0.4, 0.5) is 0 Å². The number of hydrogen-bond donors (Lipinski definition) is 1. The largest absolute Gasteiger partial charge is 0.483 e. The van der Waals surface area contributed by atoms with Crippen molar-refractivity contribution in [1.29, 1.82) is 0 Å². The van der Waals surface area contributed by atoms with Gasteiger partial charge in [-0.3, -0.25) is 9.59 Å². The lowest BCUT2D eigenvalue weighted by molar-refractivity contribution is -0.142. The number of benzene rings is 2. The fourth-order valence-corrected chi connectivity index (χ4v) is 3.98. The number of nitrogens with one attached hydrogen (secondary N) is 1. The van der Waals surface area contributed by atoms with Crippen LogP contribution in [0.3, 0.4) is 0 Å². The Morgan fingerprint density at radius 1 is 1.03 bits per heavy atom. The second-order valence-corrected chi connectivity index (χ2v) is 8.83. The molecule has 0 spiro atoms. The van der Waals surface area contributed by atoms with E-state index in [1.807, 2.05) is 69.3 Å². The van der Waals surface area contributed by atoms with Gasteiger partial charge in [-0.25, -0.2) is 0 Å². The molecule has 174 valence electrons. The number of carbonyl (C=O) groups is 2.